The first kappa shape index (κ1) is 19.5. The Hall–Kier alpha value is -3.80. The van der Waals surface area contributed by atoms with Gasteiger partial charge in [0.1, 0.15) is 5.75 Å². The minimum atomic E-state index is -0.822. The molecule has 0 fully saturated rings. The summed E-state index contributed by atoms with van der Waals surface area (Å²) in [6.07, 6.45) is 1.38. The minimum absolute atomic E-state index is 0.0231. The third-order valence-corrected chi connectivity index (χ3v) is 4.96. The number of benzene rings is 2. The second kappa shape index (κ2) is 7.91. The number of hydrogen-bond acceptors (Lipinski definition) is 5. The summed E-state index contributed by atoms with van der Waals surface area (Å²) < 4.78 is 10.9. The van der Waals surface area contributed by atoms with Crippen LogP contribution in [-0.4, -0.2) is 23.4 Å². The van der Waals surface area contributed by atoms with Gasteiger partial charge in [-0.15, -0.1) is 0 Å². The van der Waals surface area contributed by atoms with Gasteiger partial charge in [0.2, 0.25) is 5.78 Å². The van der Waals surface area contributed by atoms with Crippen LogP contribution in [0.25, 0.3) is 0 Å². The maximum Gasteiger partial charge on any atom is 0.294 e. The number of carbonyl (C=O) groups excluding carboxylic acids is 2. The Labute approximate surface area is 174 Å². The molecule has 0 radical (unpaired) electrons. The number of aliphatic hydroxyl groups is 1. The number of nitrogens with zero attached hydrogens (tertiary/aromatic N) is 1. The lowest BCUT2D eigenvalue weighted by molar-refractivity contribution is -0.117. The van der Waals surface area contributed by atoms with E-state index >= 15 is 0 Å². The summed E-state index contributed by atoms with van der Waals surface area (Å²) in [6, 6.07) is 16.8. The first-order valence-corrected chi connectivity index (χ1v) is 9.65. The number of Topliss-reactive ketones (excluding diaryl/α,β-unsaturated/α-hetero) is 1. The third-order valence-electron chi connectivity index (χ3n) is 4.96. The van der Waals surface area contributed by atoms with Crippen LogP contribution in [0.2, 0.25) is 0 Å². The highest BCUT2D eigenvalue weighted by Crippen LogP contribution is 2.42. The van der Waals surface area contributed by atoms with Crippen molar-refractivity contribution in [2.75, 3.05) is 11.5 Å². The second-order valence-electron chi connectivity index (χ2n) is 6.99. The monoisotopic (exact) mass is 403 g/mol. The lowest BCUT2D eigenvalue weighted by Crippen LogP contribution is -2.31. The van der Waals surface area contributed by atoms with Crippen molar-refractivity contribution < 1.29 is 23.8 Å². The fraction of sp³-hybridized carbons (Fsp3) is 0.167. The van der Waals surface area contributed by atoms with Gasteiger partial charge < -0.3 is 14.3 Å². The van der Waals surface area contributed by atoms with Crippen LogP contribution in [-0.2, 0) is 4.79 Å². The van der Waals surface area contributed by atoms with E-state index in [0.29, 0.717) is 23.6 Å². The van der Waals surface area contributed by atoms with Crippen LogP contribution in [0.5, 0.6) is 5.75 Å². The molecule has 6 heteroatoms. The molecule has 1 amide bonds. The van der Waals surface area contributed by atoms with E-state index in [4.69, 9.17) is 9.15 Å². The molecule has 2 aromatic carbocycles. The number of aryl methyl sites for hydroxylation is 1. The Bertz CT molecular complexity index is 1130. The molecule has 2 heterocycles. The molecule has 1 N–H and O–H groups in total. The second-order valence-corrected chi connectivity index (χ2v) is 6.99. The molecule has 0 spiro atoms. The van der Waals surface area contributed by atoms with E-state index < -0.39 is 23.5 Å². The number of ketones is 1. The van der Waals surface area contributed by atoms with Crippen LogP contribution >= 0.6 is 0 Å². The highest BCUT2D eigenvalue weighted by atomic mass is 16.5. The van der Waals surface area contributed by atoms with E-state index in [1.807, 2.05) is 32.0 Å². The Balaban J connectivity index is 1.88. The lowest BCUT2D eigenvalue weighted by Gasteiger charge is -2.27. The Kier molecular flexibility index (Phi) is 5.14. The SMILES string of the molecule is CCOc1cccc(C2C(C(=O)c3ccco3)=C(O)C(=O)N2c2cccc(C)c2)c1. The summed E-state index contributed by atoms with van der Waals surface area (Å²) in [5.74, 6) is -1.08. The van der Waals surface area contributed by atoms with Gasteiger partial charge in [-0.05, 0) is 61.4 Å². The fourth-order valence-corrected chi connectivity index (χ4v) is 3.68. The average molecular weight is 403 g/mol. The van der Waals surface area contributed by atoms with Gasteiger partial charge in [0.05, 0.1) is 24.5 Å². The van der Waals surface area contributed by atoms with Gasteiger partial charge in [0.15, 0.2) is 11.5 Å². The molecule has 0 bridgehead atoms. The summed E-state index contributed by atoms with van der Waals surface area (Å²) in [5, 5.41) is 10.7. The predicted octanol–water partition coefficient (Wildman–Crippen LogP) is 4.77. The molecule has 4 rings (SSSR count). The molecule has 0 aliphatic carbocycles. The topological polar surface area (TPSA) is 80.0 Å². The summed E-state index contributed by atoms with van der Waals surface area (Å²) in [7, 11) is 0. The molecule has 30 heavy (non-hydrogen) atoms. The Morgan fingerprint density at radius 3 is 2.63 bits per heavy atom. The quantitative estimate of drug-likeness (QED) is 0.600. The number of carbonyl (C=O) groups is 2. The van der Waals surface area contributed by atoms with Gasteiger partial charge >= 0.3 is 0 Å². The molecule has 1 unspecified atom stereocenters. The maximum absolute atomic E-state index is 13.2. The van der Waals surface area contributed by atoms with Gasteiger partial charge in [-0.25, -0.2) is 0 Å². The summed E-state index contributed by atoms with van der Waals surface area (Å²) in [5.41, 5.74) is 2.16. The van der Waals surface area contributed by atoms with Gasteiger partial charge in [-0.2, -0.15) is 0 Å². The molecule has 152 valence electrons. The average Bonchev–Trinajstić information content (AvgIpc) is 3.36. The molecule has 1 aromatic heterocycles. The zero-order valence-electron chi connectivity index (χ0n) is 16.7. The van der Waals surface area contributed by atoms with E-state index in [9.17, 15) is 14.7 Å². The number of furan rings is 1. The van der Waals surface area contributed by atoms with E-state index in [1.165, 1.54) is 17.2 Å². The summed E-state index contributed by atoms with van der Waals surface area (Å²) in [4.78, 5) is 27.7. The molecular weight excluding hydrogens is 382 g/mol. The van der Waals surface area contributed by atoms with E-state index in [1.54, 1.807) is 36.4 Å². The molecule has 1 aliphatic heterocycles. The van der Waals surface area contributed by atoms with Gasteiger partial charge in [-0.1, -0.05) is 24.3 Å². The van der Waals surface area contributed by atoms with Crippen LogP contribution in [0.15, 0.2) is 82.7 Å². The van der Waals surface area contributed by atoms with Crippen molar-refractivity contribution in [3.8, 4) is 5.75 Å². The normalized spacial score (nSPS) is 16.3. The number of ether oxygens (including phenoxy) is 1. The zero-order valence-corrected chi connectivity index (χ0v) is 16.7. The number of rotatable bonds is 6. The third kappa shape index (κ3) is 3.37. The smallest absolute Gasteiger partial charge is 0.294 e. The van der Waals surface area contributed by atoms with Crippen molar-refractivity contribution in [2.45, 2.75) is 19.9 Å². The van der Waals surface area contributed by atoms with E-state index in [0.717, 1.165) is 5.56 Å². The van der Waals surface area contributed by atoms with Crippen LogP contribution in [0.4, 0.5) is 5.69 Å². The molecule has 1 aliphatic rings. The number of amides is 1. The highest BCUT2D eigenvalue weighted by Gasteiger charge is 2.45. The Morgan fingerprint density at radius 2 is 1.93 bits per heavy atom. The van der Waals surface area contributed by atoms with Gasteiger partial charge in [-0.3, -0.25) is 14.5 Å². The minimum Gasteiger partial charge on any atom is -0.503 e. The van der Waals surface area contributed by atoms with Crippen molar-refractivity contribution in [1.82, 2.24) is 0 Å². The van der Waals surface area contributed by atoms with Crippen molar-refractivity contribution in [1.29, 1.82) is 0 Å². The molecule has 3 aromatic rings. The van der Waals surface area contributed by atoms with Crippen molar-refractivity contribution in [3.63, 3.8) is 0 Å². The van der Waals surface area contributed by atoms with Crippen molar-refractivity contribution in [2.24, 2.45) is 0 Å². The van der Waals surface area contributed by atoms with Crippen LogP contribution in [0, 0.1) is 6.92 Å². The number of hydrogen-bond donors (Lipinski definition) is 1. The van der Waals surface area contributed by atoms with Crippen LogP contribution in [0.1, 0.15) is 34.6 Å². The van der Waals surface area contributed by atoms with Gasteiger partial charge in [0.25, 0.3) is 5.91 Å². The first-order chi connectivity index (χ1) is 14.5. The van der Waals surface area contributed by atoms with Crippen LogP contribution in [0.3, 0.4) is 0 Å². The number of anilines is 1. The molecular formula is C24H21NO5. The molecule has 6 nitrogen and oxygen atoms in total. The van der Waals surface area contributed by atoms with Crippen LogP contribution < -0.4 is 9.64 Å². The molecule has 0 saturated carbocycles. The largest absolute Gasteiger partial charge is 0.503 e. The summed E-state index contributed by atoms with van der Waals surface area (Å²) >= 11 is 0. The maximum atomic E-state index is 13.2. The van der Waals surface area contributed by atoms with E-state index in [-0.39, 0.29) is 11.3 Å². The van der Waals surface area contributed by atoms with Crippen molar-refractivity contribution >= 4 is 17.4 Å². The predicted molar refractivity (Wildman–Crippen MR) is 112 cm³/mol. The van der Waals surface area contributed by atoms with E-state index in [2.05, 4.69) is 0 Å². The fourth-order valence-electron chi connectivity index (χ4n) is 3.68. The number of aliphatic hydroxyl groups excluding tert-OH is 1. The van der Waals surface area contributed by atoms with Crippen molar-refractivity contribution in [3.05, 3.63) is 95.1 Å². The first-order valence-electron chi connectivity index (χ1n) is 9.65. The highest BCUT2D eigenvalue weighted by molar-refractivity contribution is 6.20. The Morgan fingerprint density at radius 1 is 1.13 bits per heavy atom. The zero-order chi connectivity index (χ0) is 21.3. The summed E-state index contributed by atoms with van der Waals surface area (Å²) in [6.45, 7) is 4.27. The lowest BCUT2D eigenvalue weighted by atomic mass is 9.94. The molecule has 0 saturated heterocycles. The van der Waals surface area contributed by atoms with Gasteiger partial charge in [0, 0.05) is 5.69 Å². The standard InChI is InChI=1S/C24H21NO5/c1-3-29-18-10-5-8-16(14-18)21-20(22(26)19-11-6-12-30-19)23(27)24(28)25(21)17-9-4-7-15(2)13-17/h4-14,21,27H,3H2,1-2H3. The molecule has 1 atom stereocenters.